The minimum Gasteiger partial charge on any atom is -0.346 e. The molecule has 128 valence electrons. The Bertz CT molecular complexity index is 993. The van der Waals surface area contributed by atoms with Crippen LogP contribution in [0.1, 0.15) is 27.3 Å². The maximum absolute atomic E-state index is 12.3. The number of aromatic nitrogens is 4. The lowest BCUT2D eigenvalue weighted by molar-refractivity contribution is 0.0945. The molecule has 3 rings (SSSR count). The van der Waals surface area contributed by atoms with E-state index in [2.05, 4.69) is 20.6 Å². The third-order valence-electron chi connectivity index (χ3n) is 3.74. The van der Waals surface area contributed by atoms with Crippen LogP contribution in [-0.4, -0.2) is 25.9 Å². The quantitative estimate of drug-likeness (QED) is 0.748. The number of nitrogens with zero attached hydrogens (tertiary/aromatic N) is 3. The Kier molecular flexibility index (Phi) is 4.67. The number of halogens is 1. The van der Waals surface area contributed by atoms with Gasteiger partial charge in [-0.2, -0.15) is 0 Å². The van der Waals surface area contributed by atoms with Crippen LogP contribution in [0, 0.1) is 13.8 Å². The van der Waals surface area contributed by atoms with Crippen LogP contribution in [0.4, 0.5) is 0 Å². The highest BCUT2D eigenvalue weighted by molar-refractivity contribution is 6.32. The molecule has 1 amide bonds. The van der Waals surface area contributed by atoms with Crippen molar-refractivity contribution in [3.05, 3.63) is 74.4 Å². The molecule has 0 fully saturated rings. The summed E-state index contributed by atoms with van der Waals surface area (Å²) >= 11 is 6.11. The first-order chi connectivity index (χ1) is 12.0. The standard InChI is InChI=1S/C17H16ClN5O2/c1-10-7-11(2)20-16(24)12(10)8-19-17(25)14-9-23(22-21-14)15-6-4-3-5-13(15)18/h3-7,9H,8H2,1-2H3,(H,19,25)(H,20,24). The molecule has 25 heavy (non-hydrogen) atoms. The maximum Gasteiger partial charge on any atom is 0.273 e. The molecular formula is C17H16ClN5O2. The third-order valence-corrected chi connectivity index (χ3v) is 4.06. The summed E-state index contributed by atoms with van der Waals surface area (Å²) < 4.78 is 1.43. The fourth-order valence-corrected chi connectivity index (χ4v) is 2.71. The molecule has 2 aromatic heterocycles. The lowest BCUT2D eigenvalue weighted by atomic mass is 10.1. The number of rotatable bonds is 4. The Morgan fingerprint density at radius 3 is 2.80 bits per heavy atom. The second-order valence-corrected chi connectivity index (χ2v) is 6.03. The molecule has 0 saturated heterocycles. The van der Waals surface area contributed by atoms with Crippen molar-refractivity contribution in [2.75, 3.05) is 0 Å². The van der Waals surface area contributed by atoms with Crippen LogP contribution in [0.3, 0.4) is 0 Å². The van der Waals surface area contributed by atoms with E-state index in [-0.39, 0.29) is 17.8 Å². The van der Waals surface area contributed by atoms with E-state index in [1.165, 1.54) is 10.9 Å². The van der Waals surface area contributed by atoms with E-state index in [1.54, 1.807) is 18.2 Å². The molecule has 2 heterocycles. The lowest BCUT2D eigenvalue weighted by Crippen LogP contribution is -2.28. The summed E-state index contributed by atoms with van der Waals surface area (Å²) in [6.07, 6.45) is 1.49. The number of benzene rings is 1. The molecule has 0 unspecified atom stereocenters. The molecule has 2 N–H and O–H groups in total. The second-order valence-electron chi connectivity index (χ2n) is 5.63. The van der Waals surface area contributed by atoms with Gasteiger partial charge in [0.25, 0.3) is 11.5 Å². The van der Waals surface area contributed by atoms with Crippen molar-refractivity contribution in [2.24, 2.45) is 0 Å². The average molecular weight is 358 g/mol. The van der Waals surface area contributed by atoms with Crippen LogP contribution in [0.5, 0.6) is 0 Å². The van der Waals surface area contributed by atoms with E-state index in [1.807, 2.05) is 26.0 Å². The summed E-state index contributed by atoms with van der Waals surface area (Å²) in [5.41, 5.74) is 2.67. The van der Waals surface area contributed by atoms with Crippen molar-refractivity contribution >= 4 is 17.5 Å². The van der Waals surface area contributed by atoms with Crippen molar-refractivity contribution < 1.29 is 4.79 Å². The van der Waals surface area contributed by atoms with E-state index < -0.39 is 5.91 Å². The summed E-state index contributed by atoms with van der Waals surface area (Å²) in [6, 6.07) is 8.97. The molecule has 8 heteroatoms. The highest BCUT2D eigenvalue weighted by Gasteiger charge is 2.14. The van der Waals surface area contributed by atoms with Crippen LogP contribution < -0.4 is 10.9 Å². The normalized spacial score (nSPS) is 10.7. The minimum absolute atomic E-state index is 0.110. The summed E-state index contributed by atoms with van der Waals surface area (Å²) in [4.78, 5) is 27.0. The number of amides is 1. The van der Waals surface area contributed by atoms with Crippen molar-refractivity contribution in [1.29, 1.82) is 0 Å². The third kappa shape index (κ3) is 3.61. The Morgan fingerprint density at radius 2 is 2.08 bits per heavy atom. The average Bonchev–Trinajstić information content (AvgIpc) is 3.04. The molecule has 0 aliphatic carbocycles. The SMILES string of the molecule is Cc1cc(C)c(CNC(=O)c2cn(-c3ccccc3Cl)nn2)c(=O)[nH]1. The van der Waals surface area contributed by atoms with E-state index in [0.29, 0.717) is 16.3 Å². The van der Waals surface area contributed by atoms with Gasteiger partial charge in [-0.05, 0) is 37.6 Å². The number of hydrogen-bond donors (Lipinski definition) is 2. The van der Waals surface area contributed by atoms with E-state index in [4.69, 9.17) is 11.6 Å². The van der Waals surface area contributed by atoms with Crippen LogP contribution in [0.15, 0.2) is 41.3 Å². The van der Waals surface area contributed by atoms with E-state index >= 15 is 0 Å². The molecule has 0 aliphatic rings. The van der Waals surface area contributed by atoms with Crippen LogP contribution in [0.2, 0.25) is 5.02 Å². The van der Waals surface area contributed by atoms with Crippen molar-refractivity contribution in [3.63, 3.8) is 0 Å². The Hall–Kier alpha value is -2.93. The highest BCUT2D eigenvalue weighted by atomic mass is 35.5. The maximum atomic E-state index is 12.3. The largest absolute Gasteiger partial charge is 0.346 e. The molecule has 0 spiro atoms. The number of pyridine rings is 1. The fourth-order valence-electron chi connectivity index (χ4n) is 2.48. The van der Waals surface area contributed by atoms with Gasteiger partial charge in [-0.3, -0.25) is 9.59 Å². The second kappa shape index (κ2) is 6.90. The number of carbonyl (C=O) groups is 1. The molecule has 1 aromatic carbocycles. The van der Waals surface area contributed by atoms with Crippen molar-refractivity contribution in [1.82, 2.24) is 25.3 Å². The molecular weight excluding hydrogens is 342 g/mol. The van der Waals surface area contributed by atoms with E-state index in [9.17, 15) is 9.59 Å². The Balaban J connectivity index is 1.75. The van der Waals surface area contributed by atoms with Crippen LogP contribution in [-0.2, 0) is 6.54 Å². The van der Waals surface area contributed by atoms with Gasteiger partial charge in [0.05, 0.1) is 16.9 Å². The van der Waals surface area contributed by atoms with E-state index in [0.717, 1.165) is 11.3 Å². The number of hydrogen-bond acceptors (Lipinski definition) is 4. The Labute approximate surface area is 148 Å². The van der Waals surface area contributed by atoms with Gasteiger partial charge in [0.1, 0.15) is 0 Å². The van der Waals surface area contributed by atoms with Gasteiger partial charge in [-0.1, -0.05) is 28.9 Å². The van der Waals surface area contributed by atoms with Crippen LogP contribution in [0.25, 0.3) is 5.69 Å². The number of aryl methyl sites for hydroxylation is 2. The first-order valence-corrected chi connectivity index (χ1v) is 7.98. The molecule has 0 radical (unpaired) electrons. The predicted molar refractivity (Wildman–Crippen MR) is 94.1 cm³/mol. The molecule has 0 atom stereocenters. The van der Waals surface area contributed by atoms with Crippen molar-refractivity contribution in [3.8, 4) is 5.69 Å². The molecule has 3 aromatic rings. The molecule has 0 saturated carbocycles. The van der Waals surface area contributed by atoms with Gasteiger partial charge in [-0.25, -0.2) is 4.68 Å². The first-order valence-electron chi connectivity index (χ1n) is 7.60. The van der Waals surface area contributed by atoms with Gasteiger partial charge in [0.2, 0.25) is 0 Å². The summed E-state index contributed by atoms with van der Waals surface area (Å²) in [7, 11) is 0. The Morgan fingerprint density at radius 1 is 1.32 bits per heavy atom. The van der Waals surface area contributed by atoms with Gasteiger partial charge >= 0.3 is 0 Å². The van der Waals surface area contributed by atoms with Crippen molar-refractivity contribution in [2.45, 2.75) is 20.4 Å². The van der Waals surface area contributed by atoms with Crippen LogP contribution >= 0.6 is 11.6 Å². The summed E-state index contributed by atoms with van der Waals surface area (Å²) in [5.74, 6) is -0.419. The monoisotopic (exact) mass is 357 g/mol. The number of carbonyl (C=O) groups excluding carboxylic acids is 1. The van der Waals surface area contributed by atoms with Gasteiger partial charge in [0.15, 0.2) is 5.69 Å². The number of para-hydroxylation sites is 1. The topological polar surface area (TPSA) is 92.7 Å². The predicted octanol–water partition coefficient (Wildman–Crippen LogP) is 2.16. The first kappa shape index (κ1) is 16.9. The summed E-state index contributed by atoms with van der Waals surface area (Å²) in [5, 5.41) is 11.0. The lowest BCUT2D eigenvalue weighted by Gasteiger charge is -2.06. The zero-order valence-electron chi connectivity index (χ0n) is 13.7. The highest BCUT2D eigenvalue weighted by Crippen LogP contribution is 2.18. The fraction of sp³-hybridized carbons (Fsp3) is 0.176. The molecule has 0 aliphatic heterocycles. The number of nitrogens with one attached hydrogen (secondary N) is 2. The van der Waals surface area contributed by atoms with Gasteiger partial charge in [-0.15, -0.1) is 5.10 Å². The summed E-state index contributed by atoms with van der Waals surface area (Å²) in [6.45, 7) is 3.75. The molecule has 0 bridgehead atoms. The number of H-pyrrole nitrogens is 1. The number of aromatic amines is 1. The zero-order valence-corrected chi connectivity index (χ0v) is 14.5. The van der Waals surface area contributed by atoms with Gasteiger partial charge in [0, 0.05) is 17.8 Å². The molecule has 7 nitrogen and oxygen atoms in total. The zero-order chi connectivity index (χ0) is 18.0. The van der Waals surface area contributed by atoms with Gasteiger partial charge < -0.3 is 10.3 Å². The smallest absolute Gasteiger partial charge is 0.273 e. The minimum atomic E-state index is -0.419.